The Morgan fingerprint density at radius 3 is 2.71 bits per heavy atom. The quantitative estimate of drug-likeness (QED) is 0.785. The molecular weight excluding hydrogens is 204 g/mol. The standard InChI is InChI=1S/C9H9ClN2O2/c10-6-1-2-7(12-5-6)9(14)8(13)3-4-11/h1-2,5,8-9,13-14H,3H2. The normalized spacial score (nSPS) is 14.4. The summed E-state index contributed by atoms with van der Waals surface area (Å²) < 4.78 is 0. The molecule has 0 fully saturated rings. The maximum atomic E-state index is 9.50. The predicted octanol–water partition coefficient (Wildman–Crippen LogP) is 1.04. The van der Waals surface area contributed by atoms with Crippen molar-refractivity contribution in [1.29, 1.82) is 5.26 Å². The lowest BCUT2D eigenvalue weighted by molar-refractivity contribution is 0.0190. The van der Waals surface area contributed by atoms with Crippen LogP contribution in [0.3, 0.4) is 0 Å². The first kappa shape index (κ1) is 10.9. The highest BCUT2D eigenvalue weighted by molar-refractivity contribution is 6.30. The van der Waals surface area contributed by atoms with Gasteiger partial charge in [0.15, 0.2) is 0 Å². The van der Waals surface area contributed by atoms with Crippen LogP contribution in [0.2, 0.25) is 5.02 Å². The van der Waals surface area contributed by atoms with E-state index in [1.54, 1.807) is 12.1 Å². The van der Waals surface area contributed by atoms with E-state index in [9.17, 15) is 10.2 Å². The molecule has 2 unspecified atom stereocenters. The van der Waals surface area contributed by atoms with Gasteiger partial charge in [0, 0.05) is 6.20 Å². The molecule has 74 valence electrons. The third-order valence-electron chi connectivity index (χ3n) is 1.72. The summed E-state index contributed by atoms with van der Waals surface area (Å²) >= 11 is 5.60. The molecular formula is C9H9ClN2O2. The molecule has 1 aromatic heterocycles. The lowest BCUT2D eigenvalue weighted by Crippen LogP contribution is -2.18. The molecule has 0 aliphatic rings. The van der Waals surface area contributed by atoms with Gasteiger partial charge >= 0.3 is 0 Å². The molecule has 2 N–H and O–H groups in total. The monoisotopic (exact) mass is 212 g/mol. The largest absolute Gasteiger partial charge is 0.389 e. The highest BCUT2D eigenvalue weighted by Crippen LogP contribution is 2.17. The number of aromatic nitrogens is 1. The molecule has 5 heteroatoms. The number of hydrogen-bond acceptors (Lipinski definition) is 4. The van der Waals surface area contributed by atoms with Gasteiger partial charge in [-0.25, -0.2) is 0 Å². The Hall–Kier alpha value is -1.15. The van der Waals surface area contributed by atoms with Crippen LogP contribution in [0.15, 0.2) is 18.3 Å². The van der Waals surface area contributed by atoms with E-state index in [0.29, 0.717) is 10.7 Å². The van der Waals surface area contributed by atoms with E-state index in [0.717, 1.165) is 0 Å². The average Bonchev–Trinajstić information content (AvgIpc) is 2.18. The van der Waals surface area contributed by atoms with Gasteiger partial charge < -0.3 is 10.2 Å². The minimum Gasteiger partial charge on any atom is -0.389 e. The van der Waals surface area contributed by atoms with Crippen LogP contribution >= 0.6 is 11.6 Å². The zero-order valence-electron chi connectivity index (χ0n) is 7.26. The Morgan fingerprint density at radius 2 is 2.21 bits per heavy atom. The van der Waals surface area contributed by atoms with Gasteiger partial charge in [-0.2, -0.15) is 5.26 Å². The van der Waals surface area contributed by atoms with Gasteiger partial charge in [-0.1, -0.05) is 11.6 Å². The van der Waals surface area contributed by atoms with Gasteiger partial charge in [0.1, 0.15) is 6.10 Å². The highest BCUT2D eigenvalue weighted by atomic mass is 35.5. The second kappa shape index (κ2) is 4.91. The molecule has 0 amide bonds. The maximum absolute atomic E-state index is 9.50. The summed E-state index contributed by atoms with van der Waals surface area (Å²) in [5, 5.41) is 27.6. The van der Waals surface area contributed by atoms with Crippen LogP contribution in [0.4, 0.5) is 0 Å². The second-order valence-corrected chi connectivity index (χ2v) is 3.21. The highest BCUT2D eigenvalue weighted by Gasteiger charge is 2.18. The van der Waals surface area contributed by atoms with E-state index < -0.39 is 12.2 Å². The van der Waals surface area contributed by atoms with Gasteiger partial charge in [0.25, 0.3) is 0 Å². The van der Waals surface area contributed by atoms with Crippen LogP contribution in [0.25, 0.3) is 0 Å². The Kier molecular flexibility index (Phi) is 3.84. The molecule has 0 aliphatic carbocycles. The Bertz CT molecular complexity index is 334. The van der Waals surface area contributed by atoms with Gasteiger partial charge in [0.05, 0.1) is 29.3 Å². The zero-order valence-corrected chi connectivity index (χ0v) is 8.02. The van der Waals surface area contributed by atoms with Crippen LogP contribution in [0.1, 0.15) is 18.2 Å². The van der Waals surface area contributed by atoms with Crippen LogP contribution in [-0.4, -0.2) is 21.3 Å². The third kappa shape index (κ3) is 2.67. The molecule has 14 heavy (non-hydrogen) atoms. The molecule has 0 saturated carbocycles. The first-order chi connectivity index (χ1) is 6.65. The van der Waals surface area contributed by atoms with Crippen molar-refractivity contribution in [2.75, 3.05) is 0 Å². The molecule has 0 aromatic carbocycles. The van der Waals surface area contributed by atoms with Gasteiger partial charge in [-0.15, -0.1) is 0 Å². The molecule has 0 radical (unpaired) electrons. The van der Waals surface area contributed by atoms with E-state index in [1.165, 1.54) is 12.3 Å². The Morgan fingerprint density at radius 1 is 1.50 bits per heavy atom. The third-order valence-corrected chi connectivity index (χ3v) is 1.94. The molecule has 1 heterocycles. The summed E-state index contributed by atoms with van der Waals surface area (Å²) in [5.74, 6) is 0. The van der Waals surface area contributed by atoms with Crippen molar-refractivity contribution in [3.8, 4) is 6.07 Å². The zero-order chi connectivity index (χ0) is 10.6. The summed E-state index contributed by atoms with van der Waals surface area (Å²) in [4.78, 5) is 3.83. The summed E-state index contributed by atoms with van der Waals surface area (Å²) in [6.07, 6.45) is -1.02. The fourth-order valence-corrected chi connectivity index (χ4v) is 1.08. The molecule has 0 saturated heterocycles. The van der Waals surface area contributed by atoms with Crippen molar-refractivity contribution >= 4 is 11.6 Å². The fraction of sp³-hybridized carbons (Fsp3) is 0.333. The average molecular weight is 213 g/mol. The van der Waals surface area contributed by atoms with Crippen LogP contribution < -0.4 is 0 Å². The summed E-state index contributed by atoms with van der Waals surface area (Å²) in [7, 11) is 0. The summed E-state index contributed by atoms with van der Waals surface area (Å²) in [6, 6.07) is 4.83. The van der Waals surface area contributed by atoms with Crippen molar-refractivity contribution in [3.05, 3.63) is 29.0 Å². The number of nitrogens with zero attached hydrogens (tertiary/aromatic N) is 2. The summed E-state index contributed by atoms with van der Waals surface area (Å²) in [5.41, 5.74) is 0.303. The maximum Gasteiger partial charge on any atom is 0.123 e. The van der Waals surface area contributed by atoms with Crippen LogP contribution in [0, 0.1) is 11.3 Å². The number of nitriles is 1. The van der Waals surface area contributed by atoms with Gasteiger partial charge in [-0.05, 0) is 12.1 Å². The molecule has 1 rings (SSSR count). The number of aliphatic hydroxyl groups excluding tert-OH is 2. The van der Waals surface area contributed by atoms with E-state index >= 15 is 0 Å². The number of aliphatic hydroxyl groups is 2. The van der Waals surface area contributed by atoms with Crippen molar-refractivity contribution < 1.29 is 10.2 Å². The number of hydrogen-bond donors (Lipinski definition) is 2. The lowest BCUT2D eigenvalue weighted by Gasteiger charge is -2.14. The number of rotatable bonds is 3. The Labute approximate surface area is 86.4 Å². The second-order valence-electron chi connectivity index (χ2n) is 2.78. The molecule has 0 spiro atoms. The van der Waals surface area contributed by atoms with Crippen molar-refractivity contribution in [3.63, 3.8) is 0 Å². The van der Waals surface area contributed by atoms with Crippen molar-refractivity contribution in [1.82, 2.24) is 4.98 Å². The fourth-order valence-electron chi connectivity index (χ4n) is 0.964. The van der Waals surface area contributed by atoms with E-state index in [2.05, 4.69) is 4.98 Å². The molecule has 0 aliphatic heterocycles. The number of pyridine rings is 1. The predicted molar refractivity (Wildman–Crippen MR) is 50.4 cm³/mol. The van der Waals surface area contributed by atoms with Crippen molar-refractivity contribution in [2.45, 2.75) is 18.6 Å². The van der Waals surface area contributed by atoms with E-state index in [-0.39, 0.29) is 6.42 Å². The van der Waals surface area contributed by atoms with Gasteiger partial charge in [0.2, 0.25) is 0 Å². The SMILES string of the molecule is N#CCC(O)C(O)c1ccc(Cl)cn1. The van der Waals surface area contributed by atoms with Crippen LogP contribution in [0.5, 0.6) is 0 Å². The van der Waals surface area contributed by atoms with Gasteiger partial charge in [-0.3, -0.25) is 4.98 Å². The van der Waals surface area contributed by atoms with Crippen LogP contribution in [-0.2, 0) is 0 Å². The molecule has 4 nitrogen and oxygen atoms in total. The first-order valence-electron chi connectivity index (χ1n) is 3.99. The topological polar surface area (TPSA) is 77.1 Å². The minimum absolute atomic E-state index is 0.133. The molecule has 1 aromatic rings. The molecule has 0 bridgehead atoms. The molecule has 2 atom stereocenters. The smallest absolute Gasteiger partial charge is 0.123 e. The van der Waals surface area contributed by atoms with E-state index in [1.807, 2.05) is 0 Å². The minimum atomic E-state index is -1.15. The summed E-state index contributed by atoms with van der Waals surface area (Å²) in [6.45, 7) is 0. The van der Waals surface area contributed by atoms with E-state index in [4.69, 9.17) is 16.9 Å². The Balaban J connectivity index is 2.74. The number of halogens is 1. The first-order valence-corrected chi connectivity index (χ1v) is 4.37. The lowest BCUT2D eigenvalue weighted by atomic mass is 10.1. The van der Waals surface area contributed by atoms with Crippen molar-refractivity contribution in [2.24, 2.45) is 0 Å².